The average Bonchev–Trinajstić information content (AvgIpc) is 1.85. The molecule has 8 heavy (non-hydrogen) atoms. The van der Waals surface area contributed by atoms with Crippen LogP contribution in [0.25, 0.3) is 0 Å². The van der Waals surface area contributed by atoms with Crippen LogP contribution in [0.2, 0.25) is 0 Å². The summed E-state index contributed by atoms with van der Waals surface area (Å²) in [4.78, 5) is 0.917. The number of aryl methyl sites for hydroxylation is 1. The minimum atomic E-state index is -0.299. The molecular weight excluding hydrogens is 125 g/mol. The second-order valence-corrected chi connectivity index (χ2v) is 2.86. The Morgan fingerprint density at radius 3 is 2.50 bits per heavy atom. The van der Waals surface area contributed by atoms with Crippen LogP contribution in [-0.4, -0.2) is 0 Å². The predicted octanol–water partition coefficient (Wildman–Crippen LogP) is 1.78. The summed E-state index contributed by atoms with van der Waals surface area (Å²) in [6, 6.07) is 1.43. The van der Waals surface area contributed by atoms with E-state index in [2.05, 4.69) is 0 Å². The standard InChI is InChI=1S/C5H6FNS/c1-3-2-4(6)5(7)8-3/h2H,7H2,1H3. The predicted molar refractivity (Wildman–Crippen MR) is 33.4 cm³/mol. The number of halogens is 1. The number of anilines is 1. The highest BCUT2D eigenvalue weighted by atomic mass is 32.1. The first-order valence-electron chi connectivity index (χ1n) is 2.21. The zero-order valence-corrected chi connectivity index (χ0v) is 5.26. The molecule has 0 aliphatic carbocycles. The van der Waals surface area contributed by atoms with Gasteiger partial charge in [-0.2, -0.15) is 0 Å². The van der Waals surface area contributed by atoms with Gasteiger partial charge in [-0.3, -0.25) is 0 Å². The molecule has 3 heteroatoms. The van der Waals surface area contributed by atoms with Gasteiger partial charge in [0.15, 0.2) is 5.82 Å². The number of thiophene rings is 1. The first-order valence-corrected chi connectivity index (χ1v) is 3.03. The van der Waals surface area contributed by atoms with E-state index < -0.39 is 0 Å². The van der Waals surface area contributed by atoms with Crippen LogP contribution in [0.1, 0.15) is 4.88 Å². The smallest absolute Gasteiger partial charge is 0.157 e. The van der Waals surface area contributed by atoms with Gasteiger partial charge in [-0.25, -0.2) is 4.39 Å². The van der Waals surface area contributed by atoms with Gasteiger partial charge >= 0.3 is 0 Å². The molecule has 1 aromatic heterocycles. The Balaban J connectivity index is 3.14. The Bertz CT molecular complexity index is 175. The van der Waals surface area contributed by atoms with Crippen molar-refractivity contribution < 1.29 is 4.39 Å². The maximum atomic E-state index is 12.2. The fraction of sp³-hybridized carbons (Fsp3) is 0.200. The fourth-order valence-corrected chi connectivity index (χ4v) is 1.17. The molecule has 0 fully saturated rings. The molecular formula is C5H6FNS. The Hall–Kier alpha value is -0.570. The minimum absolute atomic E-state index is 0.280. The SMILES string of the molecule is Cc1cc(F)c(N)s1. The van der Waals surface area contributed by atoms with E-state index in [-0.39, 0.29) is 10.8 Å². The van der Waals surface area contributed by atoms with Crippen molar-refractivity contribution in [1.29, 1.82) is 0 Å². The van der Waals surface area contributed by atoms with Crippen LogP contribution in [0.3, 0.4) is 0 Å². The van der Waals surface area contributed by atoms with Gasteiger partial charge in [-0.05, 0) is 13.0 Å². The number of nitrogens with two attached hydrogens (primary N) is 1. The van der Waals surface area contributed by atoms with Crippen molar-refractivity contribution in [1.82, 2.24) is 0 Å². The van der Waals surface area contributed by atoms with Crippen molar-refractivity contribution in [2.45, 2.75) is 6.92 Å². The fourth-order valence-electron chi connectivity index (χ4n) is 0.501. The lowest BCUT2D eigenvalue weighted by atomic mass is 10.5. The third-order valence-electron chi connectivity index (χ3n) is 0.836. The lowest BCUT2D eigenvalue weighted by molar-refractivity contribution is 0.637. The minimum Gasteiger partial charge on any atom is -0.388 e. The maximum Gasteiger partial charge on any atom is 0.157 e. The molecule has 0 aliphatic rings. The first-order chi connectivity index (χ1) is 3.70. The summed E-state index contributed by atoms with van der Waals surface area (Å²) in [5.41, 5.74) is 5.18. The molecule has 2 N–H and O–H groups in total. The van der Waals surface area contributed by atoms with Gasteiger partial charge in [0.05, 0.1) is 0 Å². The summed E-state index contributed by atoms with van der Waals surface area (Å²) in [5.74, 6) is -0.299. The van der Waals surface area contributed by atoms with E-state index in [0.717, 1.165) is 4.88 Å². The van der Waals surface area contributed by atoms with Crippen molar-refractivity contribution in [3.8, 4) is 0 Å². The largest absolute Gasteiger partial charge is 0.388 e. The van der Waals surface area contributed by atoms with E-state index in [1.165, 1.54) is 17.4 Å². The van der Waals surface area contributed by atoms with Crippen LogP contribution in [-0.2, 0) is 0 Å². The number of nitrogen functional groups attached to an aromatic ring is 1. The van der Waals surface area contributed by atoms with Gasteiger partial charge < -0.3 is 5.73 Å². The van der Waals surface area contributed by atoms with Crippen LogP contribution in [0.4, 0.5) is 9.39 Å². The van der Waals surface area contributed by atoms with Crippen LogP contribution >= 0.6 is 11.3 Å². The molecule has 0 saturated carbocycles. The van der Waals surface area contributed by atoms with Crippen LogP contribution in [0.15, 0.2) is 6.07 Å². The highest BCUT2D eigenvalue weighted by Crippen LogP contribution is 2.21. The molecule has 0 spiro atoms. The molecule has 0 saturated heterocycles. The quantitative estimate of drug-likeness (QED) is 0.570. The van der Waals surface area contributed by atoms with Crippen molar-refractivity contribution in [3.63, 3.8) is 0 Å². The number of hydrogen-bond donors (Lipinski definition) is 1. The Labute approximate surface area is 50.9 Å². The third-order valence-corrected chi connectivity index (χ3v) is 1.69. The van der Waals surface area contributed by atoms with Gasteiger partial charge in [0, 0.05) is 4.88 Å². The Kier molecular flexibility index (Phi) is 1.21. The second kappa shape index (κ2) is 1.74. The molecule has 0 amide bonds. The summed E-state index contributed by atoms with van der Waals surface area (Å²) in [5, 5.41) is 0.280. The molecule has 1 aromatic rings. The summed E-state index contributed by atoms with van der Waals surface area (Å²) < 4.78 is 12.2. The Morgan fingerprint density at radius 1 is 1.75 bits per heavy atom. The van der Waals surface area contributed by atoms with Gasteiger partial charge in [-0.1, -0.05) is 0 Å². The van der Waals surface area contributed by atoms with Gasteiger partial charge in [-0.15, -0.1) is 11.3 Å². The zero-order chi connectivity index (χ0) is 6.15. The summed E-state index contributed by atoms with van der Waals surface area (Å²) in [6.07, 6.45) is 0. The zero-order valence-electron chi connectivity index (χ0n) is 4.44. The van der Waals surface area contributed by atoms with Crippen molar-refractivity contribution in [3.05, 3.63) is 16.8 Å². The molecule has 0 unspecified atom stereocenters. The molecule has 0 aliphatic heterocycles. The van der Waals surface area contributed by atoms with E-state index in [9.17, 15) is 4.39 Å². The van der Waals surface area contributed by atoms with E-state index in [4.69, 9.17) is 5.73 Å². The number of rotatable bonds is 0. The molecule has 0 aromatic carbocycles. The van der Waals surface area contributed by atoms with Gasteiger partial charge in [0.2, 0.25) is 0 Å². The molecule has 1 rings (SSSR count). The summed E-state index contributed by atoms with van der Waals surface area (Å²) in [7, 11) is 0. The highest BCUT2D eigenvalue weighted by Gasteiger charge is 1.98. The maximum absolute atomic E-state index is 12.2. The average molecular weight is 131 g/mol. The molecule has 1 heterocycles. The molecule has 0 radical (unpaired) electrons. The Morgan fingerprint density at radius 2 is 2.38 bits per heavy atom. The van der Waals surface area contributed by atoms with Crippen molar-refractivity contribution >= 4 is 16.3 Å². The second-order valence-electron chi connectivity index (χ2n) is 1.57. The first kappa shape index (κ1) is 5.56. The molecule has 44 valence electrons. The van der Waals surface area contributed by atoms with E-state index in [1.54, 1.807) is 0 Å². The molecule has 0 atom stereocenters. The highest BCUT2D eigenvalue weighted by molar-refractivity contribution is 7.15. The normalized spacial score (nSPS) is 9.75. The third kappa shape index (κ3) is 0.816. The molecule has 1 nitrogen and oxygen atoms in total. The lowest BCUT2D eigenvalue weighted by Gasteiger charge is -1.76. The van der Waals surface area contributed by atoms with Crippen LogP contribution < -0.4 is 5.73 Å². The summed E-state index contributed by atoms with van der Waals surface area (Å²) >= 11 is 1.27. The molecule has 0 bridgehead atoms. The van der Waals surface area contributed by atoms with Crippen LogP contribution in [0, 0.1) is 12.7 Å². The lowest BCUT2D eigenvalue weighted by Crippen LogP contribution is -1.79. The van der Waals surface area contributed by atoms with Gasteiger partial charge in [0.1, 0.15) is 5.00 Å². The van der Waals surface area contributed by atoms with E-state index in [1.807, 2.05) is 6.92 Å². The topological polar surface area (TPSA) is 26.0 Å². The van der Waals surface area contributed by atoms with E-state index >= 15 is 0 Å². The number of hydrogen-bond acceptors (Lipinski definition) is 2. The monoisotopic (exact) mass is 131 g/mol. The van der Waals surface area contributed by atoms with Crippen molar-refractivity contribution in [2.24, 2.45) is 0 Å². The van der Waals surface area contributed by atoms with E-state index in [0.29, 0.717) is 0 Å². The van der Waals surface area contributed by atoms with Gasteiger partial charge in [0.25, 0.3) is 0 Å². The van der Waals surface area contributed by atoms with Crippen LogP contribution in [0.5, 0.6) is 0 Å². The summed E-state index contributed by atoms with van der Waals surface area (Å²) in [6.45, 7) is 1.82. The van der Waals surface area contributed by atoms with Crippen molar-refractivity contribution in [2.75, 3.05) is 5.73 Å².